The number of pyridine rings is 2. The van der Waals surface area contributed by atoms with Crippen LogP contribution in [-0.2, 0) is 0 Å². The molecule has 0 atom stereocenters. The zero-order chi connectivity index (χ0) is 11.4. The molecule has 0 N–H and O–H groups in total. The molecule has 4 heteroatoms. The van der Waals surface area contributed by atoms with Gasteiger partial charge >= 0.3 is 0 Å². The summed E-state index contributed by atoms with van der Waals surface area (Å²) in [4.78, 5) is 8.25. The van der Waals surface area contributed by atoms with Gasteiger partial charge in [-0.3, -0.25) is 0 Å². The minimum atomic E-state index is 0.591. The van der Waals surface area contributed by atoms with Crippen molar-refractivity contribution in [2.75, 3.05) is 0 Å². The van der Waals surface area contributed by atoms with Crippen LogP contribution in [-0.4, -0.2) is 9.97 Å². The van der Waals surface area contributed by atoms with E-state index < -0.39 is 0 Å². The maximum Gasteiger partial charge on any atom is 0.174 e. The molecule has 0 fully saturated rings. The summed E-state index contributed by atoms with van der Waals surface area (Å²) in [6.45, 7) is 3.96. The second-order valence-corrected chi connectivity index (χ2v) is 3.59. The van der Waals surface area contributed by atoms with Crippen molar-refractivity contribution >= 4 is 11.6 Å². The van der Waals surface area contributed by atoms with Crippen LogP contribution in [0.3, 0.4) is 0 Å². The Labute approximate surface area is 94.1 Å². The van der Waals surface area contributed by atoms with E-state index in [-0.39, 0.29) is 0 Å². The highest BCUT2D eigenvalue weighted by Gasteiger charge is 1.92. The average molecular weight is 212 g/mol. The monoisotopic (exact) mass is 212 g/mol. The molecule has 2 aromatic rings. The fourth-order valence-corrected chi connectivity index (χ4v) is 1.14. The minimum absolute atomic E-state index is 0.591. The number of nitrogens with zero attached hydrogens (tertiary/aromatic N) is 4. The highest BCUT2D eigenvalue weighted by atomic mass is 15.2. The van der Waals surface area contributed by atoms with Crippen LogP contribution >= 0.6 is 0 Å². The smallest absolute Gasteiger partial charge is 0.174 e. The first-order chi connectivity index (χ1) is 7.74. The van der Waals surface area contributed by atoms with E-state index in [9.17, 15) is 0 Å². The van der Waals surface area contributed by atoms with Crippen LogP contribution in [0.2, 0.25) is 0 Å². The van der Waals surface area contributed by atoms with Gasteiger partial charge in [0.15, 0.2) is 11.6 Å². The Hall–Kier alpha value is -2.10. The molecule has 0 spiro atoms. The number of hydrogen-bond acceptors (Lipinski definition) is 4. The second-order valence-electron chi connectivity index (χ2n) is 3.59. The Bertz CT molecular complexity index is 438. The van der Waals surface area contributed by atoms with Crippen LogP contribution in [0.1, 0.15) is 11.1 Å². The molecule has 0 saturated carbocycles. The van der Waals surface area contributed by atoms with Crippen LogP contribution in [0.4, 0.5) is 11.6 Å². The molecular weight excluding hydrogens is 200 g/mol. The molecule has 16 heavy (non-hydrogen) atoms. The van der Waals surface area contributed by atoms with E-state index in [1.165, 1.54) is 0 Å². The summed E-state index contributed by atoms with van der Waals surface area (Å²) >= 11 is 0. The largest absolute Gasteiger partial charge is 0.235 e. The number of rotatable bonds is 2. The Kier molecular flexibility index (Phi) is 3.00. The third-order valence-corrected chi connectivity index (χ3v) is 2.05. The first-order valence-electron chi connectivity index (χ1n) is 5.01. The molecule has 0 unspecified atom stereocenters. The summed E-state index contributed by atoms with van der Waals surface area (Å²) in [7, 11) is 0. The molecular formula is C12H12N4. The maximum atomic E-state index is 4.12. The van der Waals surface area contributed by atoms with Crippen molar-refractivity contribution in [2.24, 2.45) is 10.2 Å². The SMILES string of the molecule is Cc1ccc(N=Nc2ccc(C)cn2)nc1. The summed E-state index contributed by atoms with van der Waals surface area (Å²) < 4.78 is 0. The van der Waals surface area contributed by atoms with Crippen molar-refractivity contribution in [3.8, 4) is 0 Å². The van der Waals surface area contributed by atoms with Crippen LogP contribution in [0.15, 0.2) is 46.9 Å². The number of hydrogen-bond donors (Lipinski definition) is 0. The molecule has 0 bridgehead atoms. The van der Waals surface area contributed by atoms with Crippen molar-refractivity contribution in [1.82, 2.24) is 9.97 Å². The molecule has 0 saturated heterocycles. The van der Waals surface area contributed by atoms with Gasteiger partial charge in [0.2, 0.25) is 0 Å². The summed E-state index contributed by atoms with van der Waals surface area (Å²) in [5.41, 5.74) is 2.21. The van der Waals surface area contributed by atoms with Crippen molar-refractivity contribution in [3.05, 3.63) is 47.8 Å². The van der Waals surface area contributed by atoms with Crippen LogP contribution in [0, 0.1) is 13.8 Å². The molecule has 0 aliphatic rings. The van der Waals surface area contributed by atoms with E-state index in [2.05, 4.69) is 20.2 Å². The Morgan fingerprint density at radius 3 is 1.50 bits per heavy atom. The fraction of sp³-hybridized carbons (Fsp3) is 0.167. The predicted molar refractivity (Wildman–Crippen MR) is 62.1 cm³/mol. The van der Waals surface area contributed by atoms with Gasteiger partial charge in [0, 0.05) is 12.4 Å². The summed E-state index contributed by atoms with van der Waals surface area (Å²) in [5.74, 6) is 1.18. The van der Waals surface area contributed by atoms with Gasteiger partial charge in [-0.1, -0.05) is 12.1 Å². The Morgan fingerprint density at radius 1 is 0.750 bits per heavy atom. The van der Waals surface area contributed by atoms with E-state index in [1.807, 2.05) is 38.1 Å². The Morgan fingerprint density at radius 2 is 1.19 bits per heavy atom. The second kappa shape index (κ2) is 4.61. The number of azo groups is 1. The lowest BCUT2D eigenvalue weighted by atomic mass is 10.3. The third kappa shape index (κ3) is 2.70. The van der Waals surface area contributed by atoms with E-state index in [4.69, 9.17) is 0 Å². The van der Waals surface area contributed by atoms with E-state index in [1.54, 1.807) is 12.4 Å². The fourth-order valence-electron chi connectivity index (χ4n) is 1.14. The molecule has 0 aliphatic heterocycles. The zero-order valence-electron chi connectivity index (χ0n) is 9.25. The van der Waals surface area contributed by atoms with E-state index >= 15 is 0 Å². The number of aromatic nitrogens is 2. The van der Waals surface area contributed by atoms with Gasteiger partial charge in [-0.05, 0) is 37.1 Å². The summed E-state index contributed by atoms with van der Waals surface area (Å²) in [5, 5.41) is 8.00. The topological polar surface area (TPSA) is 50.5 Å². The van der Waals surface area contributed by atoms with Gasteiger partial charge in [-0.2, -0.15) is 0 Å². The molecule has 2 aromatic heterocycles. The van der Waals surface area contributed by atoms with Gasteiger partial charge in [-0.25, -0.2) is 9.97 Å². The molecule has 0 aliphatic carbocycles. The van der Waals surface area contributed by atoms with Gasteiger partial charge in [0.25, 0.3) is 0 Å². The standard InChI is InChI=1S/C12H12N4/c1-9-3-5-11(13-7-9)15-16-12-6-4-10(2)8-14-12/h3-8H,1-2H3. The summed E-state index contributed by atoms with van der Waals surface area (Å²) in [6.07, 6.45) is 3.52. The van der Waals surface area contributed by atoms with Crippen molar-refractivity contribution in [2.45, 2.75) is 13.8 Å². The van der Waals surface area contributed by atoms with Crippen molar-refractivity contribution in [1.29, 1.82) is 0 Å². The van der Waals surface area contributed by atoms with Crippen molar-refractivity contribution < 1.29 is 0 Å². The van der Waals surface area contributed by atoms with Gasteiger partial charge in [0.05, 0.1) is 0 Å². The van der Waals surface area contributed by atoms with Crippen LogP contribution in [0.25, 0.3) is 0 Å². The lowest BCUT2D eigenvalue weighted by Crippen LogP contribution is -1.77. The molecule has 80 valence electrons. The highest BCUT2D eigenvalue weighted by Crippen LogP contribution is 2.14. The molecule has 2 rings (SSSR count). The quantitative estimate of drug-likeness (QED) is 0.715. The molecule has 4 nitrogen and oxygen atoms in total. The first-order valence-corrected chi connectivity index (χ1v) is 5.01. The van der Waals surface area contributed by atoms with Crippen LogP contribution in [0.5, 0.6) is 0 Å². The molecule has 0 radical (unpaired) electrons. The summed E-state index contributed by atoms with van der Waals surface area (Å²) in [6, 6.07) is 7.55. The Balaban J connectivity index is 2.15. The molecule has 0 amide bonds. The average Bonchev–Trinajstić information content (AvgIpc) is 2.30. The third-order valence-electron chi connectivity index (χ3n) is 2.05. The highest BCUT2D eigenvalue weighted by molar-refractivity contribution is 5.31. The lowest BCUT2D eigenvalue weighted by molar-refractivity contribution is 1.10. The van der Waals surface area contributed by atoms with E-state index in [0.29, 0.717) is 11.6 Å². The van der Waals surface area contributed by atoms with Gasteiger partial charge in [-0.15, -0.1) is 10.2 Å². The first kappa shape index (κ1) is 10.4. The molecule has 2 heterocycles. The van der Waals surface area contributed by atoms with Crippen LogP contribution < -0.4 is 0 Å². The minimum Gasteiger partial charge on any atom is -0.235 e. The predicted octanol–water partition coefficient (Wildman–Crippen LogP) is 3.51. The van der Waals surface area contributed by atoms with Gasteiger partial charge in [0.1, 0.15) is 0 Å². The zero-order valence-corrected chi connectivity index (χ0v) is 9.25. The molecule has 0 aromatic carbocycles. The normalized spacial score (nSPS) is 10.9. The van der Waals surface area contributed by atoms with Gasteiger partial charge < -0.3 is 0 Å². The van der Waals surface area contributed by atoms with E-state index in [0.717, 1.165) is 11.1 Å². The maximum absolute atomic E-state index is 4.12. The lowest BCUT2D eigenvalue weighted by Gasteiger charge is -1.94. The van der Waals surface area contributed by atoms with Crippen molar-refractivity contribution in [3.63, 3.8) is 0 Å². The number of aryl methyl sites for hydroxylation is 2.